The number of rotatable bonds is 5. The molecular weight excluding hydrogens is 319 g/mol. The van der Waals surface area contributed by atoms with Crippen LogP contribution in [0.1, 0.15) is 30.6 Å². The number of amides is 1. The molecule has 6 heteroatoms. The minimum absolute atomic E-state index is 0. The molecule has 3 nitrogen and oxygen atoms in total. The van der Waals surface area contributed by atoms with E-state index in [1.807, 2.05) is 0 Å². The molecule has 2 N–H and O–H groups in total. The lowest BCUT2D eigenvalue weighted by atomic mass is 10.0. The summed E-state index contributed by atoms with van der Waals surface area (Å²) in [5.74, 6) is 0.265. The van der Waals surface area contributed by atoms with Crippen molar-refractivity contribution in [1.82, 2.24) is 4.90 Å². The van der Waals surface area contributed by atoms with Crippen LogP contribution in [-0.4, -0.2) is 30.4 Å². The molecule has 0 heterocycles. The maximum absolute atomic E-state index is 12.2. The molecule has 0 saturated heterocycles. The Labute approximate surface area is 136 Å². The molecule has 1 amide bonds. The second-order valence-electron chi connectivity index (χ2n) is 5.02. The summed E-state index contributed by atoms with van der Waals surface area (Å²) in [7, 11) is 1.74. The molecule has 114 valence electrons. The Morgan fingerprint density at radius 2 is 1.95 bits per heavy atom. The fraction of sp³-hybridized carbons (Fsp3) is 0.500. The maximum Gasteiger partial charge on any atom is 0.255 e. The summed E-state index contributed by atoms with van der Waals surface area (Å²) in [6.45, 7) is 4.74. The highest BCUT2D eigenvalue weighted by Crippen LogP contribution is 2.26. The zero-order valence-electron chi connectivity index (χ0n) is 11.9. The molecule has 0 spiro atoms. The predicted molar refractivity (Wildman–Crippen MR) is 88.1 cm³/mol. The molecule has 20 heavy (non-hydrogen) atoms. The maximum atomic E-state index is 12.2. The highest BCUT2D eigenvalue weighted by atomic mass is 35.5. The van der Waals surface area contributed by atoms with Gasteiger partial charge in [-0.3, -0.25) is 4.79 Å². The molecule has 1 atom stereocenters. The van der Waals surface area contributed by atoms with Crippen LogP contribution in [-0.2, 0) is 0 Å². The first kappa shape index (κ1) is 19.5. The van der Waals surface area contributed by atoms with Crippen LogP contribution >= 0.6 is 35.6 Å². The van der Waals surface area contributed by atoms with Gasteiger partial charge in [0, 0.05) is 19.6 Å². The average molecular weight is 340 g/mol. The van der Waals surface area contributed by atoms with E-state index in [-0.39, 0.29) is 24.4 Å². The van der Waals surface area contributed by atoms with Crippen LogP contribution in [0.15, 0.2) is 18.2 Å². The Balaban J connectivity index is 0.00000361. The molecule has 0 aromatic heterocycles. The smallest absolute Gasteiger partial charge is 0.255 e. The van der Waals surface area contributed by atoms with Gasteiger partial charge in [-0.05, 0) is 24.5 Å². The molecule has 1 rings (SSSR count). The van der Waals surface area contributed by atoms with Gasteiger partial charge in [0.15, 0.2) is 0 Å². The van der Waals surface area contributed by atoms with E-state index in [1.165, 1.54) is 0 Å². The largest absolute Gasteiger partial charge is 0.342 e. The number of carbonyl (C=O) groups is 1. The van der Waals surface area contributed by atoms with Gasteiger partial charge in [-0.1, -0.05) is 43.1 Å². The molecule has 0 saturated carbocycles. The standard InChI is InChI=1S/C14H20Cl2N2O.ClH/c1-9(2)12(17)7-8-18(3)14(19)10-5-4-6-11(15)13(10)16;/h4-6,9,12H,7-8,17H2,1-3H3;1H. The lowest BCUT2D eigenvalue weighted by molar-refractivity contribution is 0.0789. The number of nitrogens with two attached hydrogens (primary N) is 1. The number of benzene rings is 1. The third-order valence-corrected chi connectivity index (χ3v) is 4.00. The zero-order valence-corrected chi connectivity index (χ0v) is 14.2. The topological polar surface area (TPSA) is 46.3 Å². The summed E-state index contributed by atoms with van der Waals surface area (Å²) in [6.07, 6.45) is 0.762. The van der Waals surface area contributed by atoms with Gasteiger partial charge in [0.25, 0.3) is 5.91 Å². The van der Waals surface area contributed by atoms with Crippen LogP contribution in [0.5, 0.6) is 0 Å². The molecule has 0 fully saturated rings. The van der Waals surface area contributed by atoms with Crippen molar-refractivity contribution in [2.45, 2.75) is 26.3 Å². The third-order valence-electron chi connectivity index (χ3n) is 3.18. The van der Waals surface area contributed by atoms with Crippen LogP contribution in [0.25, 0.3) is 0 Å². The normalized spacial score (nSPS) is 11.9. The highest BCUT2D eigenvalue weighted by Gasteiger charge is 2.17. The van der Waals surface area contributed by atoms with E-state index in [0.717, 1.165) is 6.42 Å². The highest BCUT2D eigenvalue weighted by molar-refractivity contribution is 6.43. The van der Waals surface area contributed by atoms with Gasteiger partial charge in [0.1, 0.15) is 0 Å². The van der Waals surface area contributed by atoms with Gasteiger partial charge in [-0.2, -0.15) is 0 Å². The summed E-state index contributed by atoms with van der Waals surface area (Å²) in [6, 6.07) is 5.14. The lowest BCUT2D eigenvalue weighted by Gasteiger charge is -2.22. The van der Waals surface area contributed by atoms with E-state index in [2.05, 4.69) is 13.8 Å². The van der Waals surface area contributed by atoms with Crippen molar-refractivity contribution in [3.63, 3.8) is 0 Å². The minimum Gasteiger partial charge on any atom is -0.342 e. The van der Waals surface area contributed by atoms with E-state index in [9.17, 15) is 4.79 Å². The number of hydrogen-bond acceptors (Lipinski definition) is 2. The number of hydrogen-bond donors (Lipinski definition) is 1. The molecule has 0 aliphatic carbocycles. The van der Waals surface area contributed by atoms with Gasteiger partial charge in [-0.25, -0.2) is 0 Å². The number of halogens is 3. The van der Waals surface area contributed by atoms with Crippen molar-refractivity contribution in [2.75, 3.05) is 13.6 Å². The van der Waals surface area contributed by atoms with Crippen LogP contribution in [0, 0.1) is 5.92 Å². The van der Waals surface area contributed by atoms with E-state index < -0.39 is 0 Å². The Hall–Kier alpha value is -0.480. The fourth-order valence-corrected chi connectivity index (χ4v) is 2.03. The third kappa shape index (κ3) is 5.13. The summed E-state index contributed by atoms with van der Waals surface area (Å²) < 4.78 is 0. The van der Waals surface area contributed by atoms with Crippen molar-refractivity contribution in [1.29, 1.82) is 0 Å². The van der Waals surface area contributed by atoms with E-state index in [0.29, 0.717) is 28.1 Å². The Bertz CT molecular complexity index is 452. The minimum atomic E-state index is -0.136. The van der Waals surface area contributed by atoms with Crippen molar-refractivity contribution in [3.8, 4) is 0 Å². The van der Waals surface area contributed by atoms with E-state index in [1.54, 1.807) is 30.1 Å². The average Bonchev–Trinajstić information content (AvgIpc) is 2.37. The Morgan fingerprint density at radius 1 is 1.35 bits per heavy atom. The molecule has 0 bridgehead atoms. The quantitative estimate of drug-likeness (QED) is 0.885. The molecular formula is C14H21Cl3N2O. The first-order valence-electron chi connectivity index (χ1n) is 6.29. The van der Waals surface area contributed by atoms with Crippen molar-refractivity contribution in [3.05, 3.63) is 33.8 Å². The van der Waals surface area contributed by atoms with Crippen molar-refractivity contribution < 1.29 is 4.79 Å². The summed E-state index contributed by atoms with van der Waals surface area (Å²) in [4.78, 5) is 13.9. The molecule has 1 unspecified atom stereocenters. The van der Waals surface area contributed by atoms with Crippen LogP contribution < -0.4 is 5.73 Å². The predicted octanol–water partition coefficient (Wildman–Crippen LogP) is 3.86. The Kier molecular flexibility index (Phi) is 8.52. The van der Waals surface area contributed by atoms with E-state index >= 15 is 0 Å². The monoisotopic (exact) mass is 338 g/mol. The number of nitrogens with zero attached hydrogens (tertiary/aromatic N) is 1. The van der Waals surface area contributed by atoms with Crippen molar-refractivity contribution >= 4 is 41.5 Å². The lowest BCUT2D eigenvalue weighted by Crippen LogP contribution is -2.34. The molecule has 0 aliphatic heterocycles. The van der Waals surface area contributed by atoms with Gasteiger partial charge < -0.3 is 10.6 Å². The molecule has 0 radical (unpaired) electrons. The second-order valence-corrected chi connectivity index (χ2v) is 5.81. The van der Waals surface area contributed by atoms with Crippen LogP contribution in [0.4, 0.5) is 0 Å². The Morgan fingerprint density at radius 3 is 2.50 bits per heavy atom. The second kappa shape index (κ2) is 8.73. The fourth-order valence-electron chi connectivity index (χ4n) is 1.65. The summed E-state index contributed by atoms with van der Waals surface area (Å²) in [5, 5.41) is 0.689. The van der Waals surface area contributed by atoms with Crippen LogP contribution in [0.2, 0.25) is 10.0 Å². The van der Waals surface area contributed by atoms with Gasteiger partial charge in [-0.15, -0.1) is 12.4 Å². The summed E-state index contributed by atoms with van der Waals surface area (Å²) >= 11 is 12.0. The first-order chi connectivity index (χ1) is 8.84. The van der Waals surface area contributed by atoms with E-state index in [4.69, 9.17) is 28.9 Å². The zero-order chi connectivity index (χ0) is 14.6. The first-order valence-corrected chi connectivity index (χ1v) is 7.05. The molecule has 1 aromatic carbocycles. The molecule has 0 aliphatic rings. The molecule has 1 aromatic rings. The van der Waals surface area contributed by atoms with Gasteiger partial charge in [0.2, 0.25) is 0 Å². The van der Waals surface area contributed by atoms with Crippen LogP contribution in [0.3, 0.4) is 0 Å². The van der Waals surface area contributed by atoms with Crippen molar-refractivity contribution in [2.24, 2.45) is 11.7 Å². The van der Waals surface area contributed by atoms with Gasteiger partial charge >= 0.3 is 0 Å². The SMILES string of the molecule is CC(C)C(N)CCN(C)C(=O)c1cccc(Cl)c1Cl.Cl. The summed E-state index contributed by atoms with van der Waals surface area (Å²) in [5.41, 5.74) is 6.40. The number of carbonyl (C=O) groups excluding carboxylic acids is 1. The van der Waals surface area contributed by atoms with Gasteiger partial charge in [0.05, 0.1) is 15.6 Å².